The fraction of sp³-hybridized carbons (Fsp3) is 0.455. The van der Waals surface area contributed by atoms with Gasteiger partial charge in [0.15, 0.2) is 0 Å². The number of sulfonamides is 1. The summed E-state index contributed by atoms with van der Waals surface area (Å²) in [5.74, 6) is 0. The second-order valence-corrected chi connectivity index (χ2v) is 5.80. The topological polar surface area (TPSA) is 110 Å². The molecule has 0 aliphatic rings. The van der Waals surface area contributed by atoms with E-state index in [9.17, 15) is 18.5 Å². The number of hydrogen-bond donors (Lipinski definition) is 2. The number of aryl methyl sites for hydroxylation is 1. The number of rotatable bonds is 6. The number of nitro groups is 1. The van der Waals surface area contributed by atoms with Crippen LogP contribution in [0.25, 0.3) is 0 Å². The third kappa shape index (κ3) is 3.72. The second kappa shape index (κ2) is 6.09. The lowest BCUT2D eigenvalue weighted by Crippen LogP contribution is -2.37. The third-order valence-corrected chi connectivity index (χ3v) is 4.37. The van der Waals surface area contributed by atoms with E-state index in [-0.39, 0.29) is 22.8 Å². The van der Waals surface area contributed by atoms with Crippen LogP contribution in [0.1, 0.15) is 18.9 Å². The van der Waals surface area contributed by atoms with Crippen molar-refractivity contribution in [2.24, 2.45) is 0 Å². The Labute approximate surface area is 111 Å². The molecule has 1 atom stereocenters. The Morgan fingerprint density at radius 1 is 1.47 bits per heavy atom. The maximum atomic E-state index is 12.1. The van der Waals surface area contributed by atoms with Crippen LogP contribution in [0.15, 0.2) is 23.1 Å². The predicted molar refractivity (Wildman–Crippen MR) is 69.3 cm³/mol. The highest BCUT2D eigenvalue weighted by Gasteiger charge is 2.22. The fourth-order valence-electron chi connectivity index (χ4n) is 1.58. The zero-order chi connectivity index (χ0) is 14.6. The van der Waals surface area contributed by atoms with Crippen LogP contribution in [0, 0.1) is 17.0 Å². The molecule has 0 heterocycles. The molecule has 106 valence electrons. The highest BCUT2D eigenvalue weighted by atomic mass is 32.2. The summed E-state index contributed by atoms with van der Waals surface area (Å²) >= 11 is 0. The number of nitrogens with zero attached hydrogens (tertiary/aromatic N) is 1. The van der Waals surface area contributed by atoms with E-state index in [1.807, 2.05) is 0 Å². The number of aliphatic hydroxyl groups is 1. The van der Waals surface area contributed by atoms with Crippen molar-refractivity contribution in [3.63, 3.8) is 0 Å². The number of nitrogens with one attached hydrogen (secondary N) is 1. The number of hydrogen-bond acceptors (Lipinski definition) is 5. The molecule has 2 N–H and O–H groups in total. The Kier molecular flexibility index (Phi) is 4.98. The van der Waals surface area contributed by atoms with Crippen LogP contribution in [0.4, 0.5) is 5.69 Å². The first kappa shape index (κ1) is 15.5. The first-order valence-electron chi connectivity index (χ1n) is 5.70. The van der Waals surface area contributed by atoms with Crippen molar-refractivity contribution in [3.05, 3.63) is 33.9 Å². The van der Waals surface area contributed by atoms with Gasteiger partial charge in [-0.2, -0.15) is 0 Å². The number of nitro benzene ring substituents is 1. The van der Waals surface area contributed by atoms with Gasteiger partial charge in [0.25, 0.3) is 5.69 Å². The molecule has 0 aliphatic heterocycles. The van der Waals surface area contributed by atoms with Gasteiger partial charge in [-0.3, -0.25) is 10.1 Å². The maximum Gasteiger partial charge on any atom is 0.269 e. The Morgan fingerprint density at radius 2 is 2.11 bits per heavy atom. The molecule has 0 spiro atoms. The van der Waals surface area contributed by atoms with Gasteiger partial charge in [0.2, 0.25) is 10.0 Å². The molecule has 19 heavy (non-hydrogen) atoms. The summed E-state index contributed by atoms with van der Waals surface area (Å²) in [6.45, 7) is 2.93. The van der Waals surface area contributed by atoms with Crippen LogP contribution in [-0.4, -0.2) is 31.1 Å². The van der Waals surface area contributed by atoms with Crippen LogP contribution >= 0.6 is 0 Å². The first-order chi connectivity index (χ1) is 8.81. The van der Waals surface area contributed by atoms with Gasteiger partial charge in [0, 0.05) is 18.2 Å². The Morgan fingerprint density at radius 3 is 2.53 bits per heavy atom. The Hall–Kier alpha value is -1.51. The predicted octanol–water partition coefficient (Wildman–Crippen LogP) is 0.952. The van der Waals surface area contributed by atoms with E-state index >= 15 is 0 Å². The summed E-state index contributed by atoms with van der Waals surface area (Å²) in [5.41, 5.74) is 0.125. The van der Waals surface area contributed by atoms with Crippen molar-refractivity contribution in [3.8, 4) is 0 Å². The van der Waals surface area contributed by atoms with Crippen LogP contribution < -0.4 is 4.72 Å². The minimum absolute atomic E-state index is 0.0231. The van der Waals surface area contributed by atoms with E-state index in [0.29, 0.717) is 6.42 Å². The molecular formula is C11H16N2O5S. The summed E-state index contributed by atoms with van der Waals surface area (Å²) in [5, 5.41) is 19.6. The van der Waals surface area contributed by atoms with Gasteiger partial charge in [-0.1, -0.05) is 6.92 Å². The van der Waals surface area contributed by atoms with Crippen molar-refractivity contribution < 1.29 is 18.4 Å². The molecule has 0 saturated heterocycles. The van der Waals surface area contributed by atoms with E-state index in [1.54, 1.807) is 6.92 Å². The number of non-ortho nitro benzene ring substituents is 1. The summed E-state index contributed by atoms with van der Waals surface area (Å²) in [6.07, 6.45) is 0.446. The smallest absolute Gasteiger partial charge is 0.269 e. The van der Waals surface area contributed by atoms with Gasteiger partial charge in [-0.25, -0.2) is 13.1 Å². The van der Waals surface area contributed by atoms with E-state index in [0.717, 1.165) is 6.07 Å². The monoisotopic (exact) mass is 288 g/mol. The fourth-order valence-corrected chi connectivity index (χ4v) is 3.12. The quantitative estimate of drug-likeness (QED) is 0.598. The van der Waals surface area contributed by atoms with Crippen molar-refractivity contribution >= 4 is 15.7 Å². The molecule has 0 unspecified atom stereocenters. The van der Waals surface area contributed by atoms with E-state index < -0.39 is 21.0 Å². The van der Waals surface area contributed by atoms with Gasteiger partial charge in [-0.15, -0.1) is 0 Å². The van der Waals surface area contributed by atoms with Gasteiger partial charge in [0.05, 0.1) is 16.4 Å². The van der Waals surface area contributed by atoms with Crippen molar-refractivity contribution in [1.29, 1.82) is 0 Å². The minimum atomic E-state index is -3.79. The number of aliphatic hydroxyl groups excluding tert-OH is 1. The zero-order valence-electron chi connectivity index (χ0n) is 10.7. The minimum Gasteiger partial charge on any atom is -0.395 e. The second-order valence-electron chi connectivity index (χ2n) is 4.12. The molecule has 0 bridgehead atoms. The van der Waals surface area contributed by atoms with Crippen molar-refractivity contribution in [2.75, 3.05) is 6.61 Å². The molecule has 1 rings (SSSR count). The molecule has 0 radical (unpaired) electrons. The van der Waals surface area contributed by atoms with E-state index in [4.69, 9.17) is 5.11 Å². The van der Waals surface area contributed by atoms with Crippen LogP contribution in [0.2, 0.25) is 0 Å². The average Bonchev–Trinajstić information content (AvgIpc) is 2.35. The van der Waals surface area contributed by atoms with Gasteiger partial charge in [0.1, 0.15) is 0 Å². The SMILES string of the molecule is CC[C@@H](CO)NS(=O)(=O)c1ccc([N+](=O)[O-])cc1C. The lowest BCUT2D eigenvalue weighted by atomic mass is 10.2. The molecule has 1 aromatic rings. The summed E-state index contributed by atoms with van der Waals surface area (Å²) in [6, 6.07) is 2.97. The van der Waals surface area contributed by atoms with E-state index in [1.165, 1.54) is 19.1 Å². The lowest BCUT2D eigenvalue weighted by molar-refractivity contribution is -0.385. The number of benzene rings is 1. The largest absolute Gasteiger partial charge is 0.395 e. The van der Waals surface area contributed by atoms with Crippen molar-refractivity contribution in [1.82, 2.24) is 4.72 Å². The highest BCUT2D eigenvalue weighted by Crippen LogP contribution is 2.21. The lowest BCUT2D eigenvalue weighted by Gasteiger charge is -2.15. The molecule has 1 aromatic carbocycles. The molecule has 0 aliphatic carbocycles. The van der Waals surface area contributed by atoms with Gasteiger partial charge < -0.3 is 5.11 Å². The average molecular weight is 288 g/mol. The van der Waals surface area contributed by atoms with Crippen LogP contribution in [0.5, 0.6) is 0 Å². The van der Waals surface area contributed by atoms with Gasteiger partial charge in [-0.05, 0) is 25.0 Å². The standard InChI is InChI=1S/C11H16N2O5S/c1-3-9(7-14)12-19(17,18)11-5-4-10(13(15)16)6-8(11)2/h4-6,9,12,14H,3,7H2,1-2H3/t9-/m0/s1. The normalized spacial score (nSPS) is 13.2. The van der Waals surface area contributed by atoms with Crippen LogP contribution in [-0.2, 0) is 10.0 Å². The molecule has 0 aromatic heterocycles. The first-order valence-corrected chi connectivity index (χ1v) is 7.18. The summed E-state index contributed by atoms with van der Waals surface area (Å²) in [7, 11) is -3.79. The van der Waals surface area contributed by atoms with Gasteiger partial charge >= 0.3 is 0 Å². The summed E-state index contributed by atoms with van der Waals surface area (Å²) in [4.78, 5) is 9.98. The van der Waals surface area contributed by atoms with E-state index in [2.05, 4.69) is 4.72 Å². The Bertz CT molecular complexity index is 566. The molecule has 0 amide bonds. The molecular weight excluding hydrogens is 272 g/mol. The molecule has 0 fully saturated rings. The zero-order valence-corrected chi connectivity index (χ0v) is 11.5. The Balaban J connectivity index is 3.12. The molecule has 7 nitrogen and oxygen atoms in total. The maximum absolute atomic E-state index is 12.1. The molecule has 0 saturated carbocycles. The third-order valence-electron chi connectivity index (χ3n) is 2.69. The highest BCUT2D eigenvalue weighted by molar-refractivity contribution is 7.89. The van der Waals surface area contributed by atoms with Crippen LogP contribution in [0.3, 0.4) is 0 Å². The summed E-state index contributed by atoms with van der Waals surface area (Å²) < 4.78 is 26.5. The van der Waals surface area contributed by atoms with Crippen molar-refractivity contribution in [2.45, 2.75) is 31.2 Å². The molecule has 8 heteroatoms.